The molecule has 32 heavy (non-hydrogen) atoms. The van der Waals surface area contributed by atoms with E-state index in [1.165, 1.54) is 31.4 Å². The highest BCUT2D eigenvalue weighted by Gasteiger charge is 2.17. The second-order valence-corrected chi connectivity index (χ2v) is 8.53. The molecule has 0 aliphatic carbocycles. The molecular formula is C23H22N2O6S. The molecule has 0 saturated carbocycles. The van der Waals surface area contributed by atoms with Gasteiger partial charge >= 0.3 is 5.97 Å². The van der Waals surface area contributed by atoms with Gasteiger partial charge in [-0.2, -0.15) is 0 Å². The number of rotatable bonds is 8. The van der Waals surface area contributed by atoms with Crippen LogP contribution in [0.3, 0.4) is 0 Å². The molecule has 3 rings (SSSR count). The molecule has 0 aliphatic heterocycles. The average Bonchev–Trinajstić information content (AvgIpc) is 2.78. The summed E-state index contributed by atoms with van der Waals surface area (Å²) < 4.78 is 37.7. The van der Waals surface area contributed by atoms with Gasteiger partial charge in [0.25, 0.3) is 15.9 Å². The number of sulfonamides is 1. The van der Waals surface area contributed by atoms with Gasteiger partial charge in [0.2, 0.25) is 0 Å². The number of ether oxygens (including phenoxy) is 2. The van der Waals surface area contributed by atoms with Crippen molar-refractivity contribution in [2.24, 2.45) is 0 Å². The molecule has 0 fully saturated rings. The Morgan fingerprint density at radius 3 is 2.31 bits per heavy atom. The fraction of sp³-hybridized carbons (Fsp3) is 0.130. The van der Waals surface area contributed by atoms with E-state index in [-0.39, 0.29) is 17.1 Å². The van der Waals surface area contributed by atoms with Crippen LogP contribution >= 0.6 is 0 Å². The Balaban J connectivity index is 1.69. The Morgan fingerprint density at radius 2 is 1.62 bits per heavy atom. The van der Waals surface area contributed by atoms with Crippen molar-refractivity contribution in [3.05, 3.63) is 83.9 Å². The molecule has 9 heteroatoms. The van der Waals surface area contributed by atoms with Gasteiger partial charge in [-0.05, 0) is 67.1 Å². The van der Waals surface area contributed by atoms with Crippen LogP contribution in [0.2, 0.25) is 0 Å². The summed E-state index contributed by atoms with van der Waals surface area (Å²) in [5.74, 6) is -0.543. The zero-order valence-electron chi connectivity index (χ0n) is 17.5. The largest absolute Gasteiger partial charge is 0.482 e. The van der Waals surface area contributed by atoms with Crippen molar-refractivity contribution >= 4 is 33.3 Å². The monoisotopic (exact) mass is 454 g/mol. The molecule has 0 atom stereocenters. The lowest BCUT2D eigenvalue weighted by Crippen LogP contribution is -2.16. The fourth-order valence-electron chi connectivity index (χ4n) is 2.77. The minimum Gasteiger partial charge on any atom is -0.482 e. The Bertz CT molecular complexity index is 1220. The summed E-state index contributed by atoms with van der Waals surface area (Å²) >= 11 is 0. The molecule has 166 valence electrons. The standard InChI is InChI=1S/C23H22N2O6S/c1-16-5-3-7-19(13-16)25-32(28,29)21-8-4-6-17(14-21)23(27)24-18-9-11-20(12-10-18)31-15-22(26)30-2/h3-14,25H,15H2,1-2H3,(H,24,27). The Hall–Kier alpha value is -3.85. The van der Waals surface area contributed by atoms with Crippen molar-refractivity contribution in [1.82, 2.24) is 0 Å². The van der Waals surface area contributed by atoms with Gasteiger partial charge < -0.3 is 14.8 Å². The number of carbonyl (C=O) groups is 2. The fourth-order valence-corrected chi connectivity index (χ4v) is 3.86. The van der Waals surface area contributed by atoms with Crippen LogP contribution in [0.15, 0.2) is 77.7 Å². The first-order chi connectivity index (χ1) is 15.3. The van der Waals surface area contributed by atoms with E-state index >= 15 is 0 Å². The van der Waals surface area contributed by atoms with Gasteiger partial charge in [-0.3, -0.25) is 9.52 Å². The molecule has 3 aromatic rings. The number of carbonyl (C=O) groups excluding carboxylic acids is 2. The van der Waals surface area contributed by atoms with Gasteiger partial charge in [0.05, 0.1) is 12.0 Å². The summed E-state index contributed by atoms with van der Waals surface area (Å²) in [6.45, 7) is 1.64. The van der Waals surface area contributed by atoms with Gasteiger partial charge in [-0.1, -0.05) is 18.2 Å². The van der Waals surface area contributed by atoms with Crippen LogP contribution in [0.4, 0.5) is 11.4 Å². The second kappa shape index (κ2) is 9.97. The summed E-state index contributed by atoms with van der Waals surface area (Å²) in [5.41, 5.74) is 2.02. The molecule has 0 spiro atoms. The van der Waals surface area contributed by atoms with E-state index < -0.39 is 21.9 Å². The third-order valence-electron chi connectivity index (χ3n) is 4.37. The quantitative estimate of drug-likeness (QED) is 0.503. The highest BCUT2D eigenvalue weighted by atomic mass is 32.2. The van der Waals surface area contributed by atoms with E-state index in [2.05, 4.69) is 14.8 Å². The summed E-state index contributed by atoms with van der Waals surface area (Å²) in [7, 11) is -2.60. The first-order valence-electron chi connectivity index (χ1n) is 9.57. The number of amides is 1. The second-order valence-electron chi connectivity index (χ2n) is 6.85. The van der Waals surface area contributed by atoms with Gasteiger partial charge in [0.15, 0.2) is 6.61 Å². The number of hydrogen-bond acceptors (Lipinski definition) is 6. The van der Waals surface area contributed by atoms with Crippen molar-refractivity contribution in [3.63, 3.8) is 0 Å². The highest BCUT2D eigenvalue weighted by Crippen LogP contribution is 2.20. The van der Waals surface area contributed by atoms with Crippen molar-refractivity contribution < 1.29 is 27.5 Å². The Kier molecular flexibility index (Phi) is 7.11. The molecular weight excluding hydrogens is 432 g/mol. The lowest BCUT2D eigenvalue weighted by molar-refractivity contribution is -0.142. The minimum atomic E-state index is -3.86. The molecule has 0 heterocycles. The number of benzene rings is 3. The van der Waals surface area contributed by atoms with Gasteiger partial charge in [-0.25, -0.2) is 13.2 Å². The van der Waals surface area contributed by atoms with Crippen molar-refractivity contribution in [1.29, 1.82) is 0 Å². The predicted octanol–water partition coefficient (Wildman–Crippen LogP) is 3.60. The summed E-state index contributed by atoms with van der Waals surface area (Å²) in [6.07, 6.45) is 0. The SMILES string of the molecule is COC(=O)COc1ccc(NC(=O)c2cccc(S(=O)(=O)Nc3cccc(C)c3)c2)cc1. The van der Waals surface area contributed by atoms with Crippen molar-refractivity contribution in [2.45, 2.75) is 11.8 Å². The topological polar surface area (TPSA) is 111 Å². The van der Waals surface area contributed by atoms with E-state index in [4.69, 9.17) is 4.74 Å². The van der Waals surface area contributed by atoms with Crippen molar-refractivity contribution in [2.75, 3.05) is 23.8 Å². The Labute approximate surface area is 186 Å². The van der Waals surface area contributed by atoms with E-state index in [0.717, 1.165) is 5.56 Å². The summed E-state index contributed by atoms with van der Waals surface area (Å²) in [6, 6.07) is 19.1. The molecule has 0 aromatic heterocycles. The van der Waals surface area contributed by atoms with E-state index in [1.54, 1.807) is 42.5 Å². The van der Waals surface area contributed by atoms with E-state index in [9.17, 15) is 18.0 Å². The summed E-state index contributed by atoms with van der Waals surface area (Å²) in [4.78, 5) is 23.7. The molecule has 1 amide bonds. The smallest absolute Gasteiger partial charge is 0.343 e. The molecule has 2 N–H and O–H groups in total. The maximum absolute atomic E-state index is 12.7. The maximum Gasteiger partial charge on any atom is 0.343 e. The maximum atomic E-state index is 12.7. The molecule has 0 saturated heterocycles. The van der Waals surface area contributed by atoms with Gasteiger partial charge in [-0.15, -0.1) is 0 Å². The molecule has 0 bridgehead atoms. The zero-order chi connectivity index (χ0) is 23.1. The van der Waals surface area contributed by atoms with Crippen LogP contribution in [-0.4, -0.2) is 34.0 Å². The predicted molar refractivity (Wildman–Crippen MR) is 120 cm³/mol. The van der Waals surface area contributed by atoms with E-state index in [1.807, 2.05) is 13.0 Å². The number of methoxy groups -OCH3 is 1. The molecule has 3 aromatic carbocycles. The van der Waals surface area contributed by atoms with Gasteiger partial charge in [0, 0.05) is 16.9 Å². The first kappa shape index (κ1) is 22.8. The zero-order valence-corrected chi connectivity index (χ0v) is 18.3. The lowest BCUT2D eigenvalue weighted by atomic mass is 10.2. The number of esters is 1. The third kappa shape index (κ3) is 6.08. The minimum absolute atomic E-state index is 0.0294. The Morgan fingerprint density at radius 1 is 0.906 bits per heavy atom. The average molecular weight is 455 g/mol. The number of hydrogen-bond donors (Lipinski definition) is 2. The van der Waals surface area contributed by atoms with Crippen LogP contribution in [0.5, 0.6) is 5.75 Å². The van der Waals surface area contributed by atoms with Crippen LogP contribution < -0.4 is 14.8 Å². The summed E-state index contributed by atoms with van der Waals surface area (Å²) in [5, 5.41) is 2.70. The molecule has 0 aliphatic rings. The molecule has 0 radical (unpaired) electrons. The third-order valence-corrected chi connectivity index (χ3v) is 5.75. The normalized spacial score (nSPS) is 10.8. The van der Waals surface area contributed by atoms with Crippen LogP contribution in [-0.2, 0) is 19.6 Å². The lowest BCUT2D eigenvalue weighted by Gasteiger charge is -2.11. The van der Waals surface area contributed by atoms with E-state index in [0.29, 0.717) is 17.1 Å². The van der Waals surface area contributed by atoms with Crippen LogP contribution in [0.1, 0.15) is 15.9 Å². The molecule has 8 nitrogen and oxygen atoms in total. The van der Waals surface area contributed by atoms with Crippen molar-refractivity contribution in [3.8, 4) is 5.75 Å². The molecule has 0 unspecified atom stereocenters. The van der Waals surface area contributed by atoms with Crippen LogP contribution in [0, 0.1) is 6.92 Å². The first-order valence-corrected chi connectivity index (χ1v) is 11.1. The van der Waals surface area contributed by atoms with Crippen LogP contribution in [0.25, 0.3) is 0 Å². The number of aryl methyl sites for hydroxylation is 1. The number of anilines is 2. The number of nitrogens with one attached hydrogen (secondary N) is 2. The highest BCUT2D eigenvalue weighted by molar-refractivity contribution is 7.92. The van der Waals surface area contributed by atoms with Gasteiger partial charge in [0.1, 0.15) is 5.75 Å².